The van der Waals surface area contributed by atoms with Gasteiger partial charge in [-0.15, -0.1) is 0 Å². The molecule has 2 aliphatic rings. The van der Waals surface area contributed by atoms with Gasteiger partial charge in [0.1, 0.15) is 12.9 Å². The van der Waals surface area contributed by atoms with Gasteiger partial charge in [-0.1, -0.05) is 17.3 Å². The number of nitrogens with two attached hydrogens (primary N) is 2. The maximum absolute atomic E-state index is 13.2. The van der Waals surface area contributed by atoms with Crippen molar-refractivity contribution in [2.75, 3.05) is 44.8 Å². The van der Waals surface area contributed by atoms with Crippen molar-refractivity contribution in [2.24, 2.45) is 17.0 Å². The topological polar surface area (TPSA) is 110 Å². The van der Waals surface area contributed by atoms with Gasteiger partial charge in [0.2, 0.25) is 5.91 Å². The molecule has 0 unspecified atom stereocenters. The fraction of sp³-hybridized carbons (Fsp3) is 0.480. The van der Waals surface area contributed by atoms with Crippen LogP contribution in [0.2, 0.25) is 0 Å². The minimum absolute atomic E-state index is 0.115. The lowest BCUT2D eigenvalue weighted by molar-refractivity contribution is -0.138. The minimum Gasteiger partial charge on any atom is -0.399 e. The minimum atomic E-state index is 0.115. The lowest BCUT2D eigenvalue weighted by atomic mass is 9.87. The first-order chi connectivity index (χ1) is 16.0. The summed E-state index contributed by atoms with van der Waals surface area (Å²) in [5.74, 6) is 1.24. The Morgan fingerprint density at radius 1 is 1.03 bits per heavy atom. The van der Waals surface area contributed by atoms with Crippen LogP contribution in [0.3, 0.4) is 0 Å². The Bertz CT molecular complexity index is 961. The molecule has 8 nitrogen and oxygen atoms in total. The average molecular weight is 451 g/mol. The molecule has 0 spiro atoms. The highest BCUT2D eigenvalue weighted by Crippen LogP contribution is 2.27. The zero-order chi connectivity index (χ0) is 23.2. The molecular weight excluding hydrogens is 416 g/mol. The number of benzene rings is 1. The normalized spacial score (nSPS) is 18.9. The molecule has 0 aliphatic carbocycles. The lowest BCUT2D eigenvalue weighted by Crippen LogP contribution is -2.46. The third-order valence-corrected chi connectivity index (χ3v) is 6.78. The number of rotatable bonds is 6. The number of hydrogen-bond acceptors (Lipinski definition) is 7. The second-order valence-corrected chi connectivity index (χ2v) is 9.02. The summed E-state index contributed by atoms with van der Waals surface area (Å²) in [5.41, 5.74) is 15.5. The fourth-order valence-electron chi connectivity index (χ4n) is 4.94. The van der Waals surface area contributed by atoms with E-state index in [2.05, 4.69) is 15.0 Å². The molecule has 3 heterocycles. The van der Waals surface area contributed by atoms with Gasteiger partial charge in [-0.3, -0.25) is 9.69 Å². The summed E-state index contributed by atoms with van der Waals surface area (Å²) >= 11 is 0. The van der Waals surface area contributed by atoms with Gasteiger partial charge in [0, 0.05) is 43.4 Å². The molecular formula is C25H34N6O2. The van der Waals surface area contributed by atoms with Crippen LogP contribution in [0.4, 0.5) is 11.5 Å². The number of pyridine rings is 1. The fourth-order valence-corrected chi connectivity index (χ4v) is 4.94. The molecule has 0 radical (unpaired) electrons. The number of carbonyl (C=O) groups is 1. The highest BCUT2D eigenvalue weighted by molar-refractivity contribution is 6.02. The van der Waals surface area contributed by atoms with Crippen LogP contribution in [0.1, 0.15) is 36.8 Å². The summed E-state index contributed by atoms with van der Waals surface area (Å²) < 4.78 is 0. The molecule has 1 aromatic carbocycles. The van der Waals surface area contributed by atoms with Crippen molar-refractivity contribution in [2.45, 2.75) is 32.2 Å². The molecule has 0 bridgehead atoms. The Balaban J connectivity index is 1.28. The van der Waals surface area contributed by atoms with E-state index in [1.54, 1.807) is 13.3 Å². The summed E-state index contributed by atoms with van der Waals surface area (Å²) in [4.78, 5) is 26.8. The van der Waals surface area contributed by atoms with Gasteiger partial charge in [-0.2, -0.15) is 0 Å². The van der Waals surface area contributed by atoms with Crippen molar-refractivity contribution in [1.29, 1.82) is 0 Å². The lowest BCUT2D eigenvalue weighted by Gasteiger charge is -2.37. The predicted octanol–water partition coefficient (Wildman–Crippen LogP) is 2.75. The number of hydrogen-bond donors (Lipinski definition) is 2. The SMILES string of the molecule is CON=C(c1ccc(N)cc1)C1CCN(C(=O)C2CCN(Cc3ccnc(N)c3)CC2)CC1. The number of oxime groups is 1. The van der Waals surface area contributed by atoms with E-state index in [0.29, 0.717) is 11.7 Å². The van der Waals surface area contributed by atoms with Crippen LogP contribution in [0.5, 0.6) is 0 Å². The number of anilines is 2. The van der Waals surface area contributed by atoms with E-state index >= 15 is 0 Å². The Morgan fingerprint density at radius 2 is 1.70 bits per heavy atom. The number of nitrogens with zero attached hydrogens (tertiary/aromatic N) is 4. The number of piperidine rings is 2. The van der Waals surface area contributed by atoms with Crippen molar-refractivity contribution in [3.63, 3.8) is 0 Å². The molecule has 0 saturated carbocycles. The molecule has 2 fully saturated rings. The molecule has 8 heteroatoms. The second-order valence-electron chi connectivity index (χ2n) is 9.02. The smallest absolute Gasteiger partial charge is 0.225 e. The van der Waals surface area contributed by atoms with E-state index in [-0.39, 0.29) is 11.8 Å². The van der Waals surface area contributed by atoms with E-state index in [9.17, 15) is 4.79 Å². The summed E-state index contributed by atoms with van der Waals surface area (Å²) in [6.45, 7) is 4.23. The van der Waals surface area contributed by atoms with Gasteiger partial charge in [0.05, 0.1) is 5.71 Å². The standard InChI is InChI=1S/C25H34N6O2/c1-33-29-24(19-2-4-22(26)5-3-19)20-9-14-31(15-10-20)25(32)21-7-12-30(13-8-21)17-18-6-11-28-23(27)16-18/h2-6,11,16,20-21H,7-10,12-15,17,26H2,1H3,(H2,27,28). The van der Waals surface area contributed by atoms with E-state index in [1.165, 1.54) is 5.56 Å². The Labute approximate surface area is 195 Å². The predicted molar refractivity (Wildman–Crippen MR) is 130 cm³/mol. The first-order valence-electron chi connectivity index (χ1n) is 11.7. The molecule has 4 rings (SSSR count). The quantitative estimate of drug-likeness (QED) is 0.398. The zero-order valence-electron chi connectivity index (χ0n) is 19.3. The number of nitrogen functional groups attached to an aromatic ring is 2. The number of likely N-dealkylation sites (tertiary alicyclic amines) is 2. The zero-order valence-corrected chi connectivity index (χ0v) is 19.3. The van der Waals surface area contributed by atoms with Gasteiger partial charge in [-0.05, 0) is 74.2 Å². The molecule has 176 valence electrons. The monoisotopic (exact) mass is 450 g/mol. The molecule has 4 N–H and O–H groups in total. The van der Waals surface area contributed by atoms with E-state index in [1.807, 2.05) is 41.3 Å². The molecule has 1 aromatic heterocycles. The summed E-state index contributed by atoms with van der Waals surface area (Å²) in [6.07, 6.45) is 5.34. The van der Waals surface area contributed by atoms with Crippen LogP contribution >= 0.6 is 0 Å². The molecule has 33 heavy (non-hydrogen) atoms. The Hall–Kier alpha value is -3.13. The van der Waals surface area contributed by atoms with Gasteiger partial charge in [0.25, 0.3) is 0 Å². The van der Waals surface area contributed by atoms with Crippen molar-refractivity contribution < 1.29 is 9.63 Å². The maximum atomic E-state index is 13.2. The average Bonchev–Trinajstić information content (AvgIpc) is 2.83. The Morgan fingerprint density at radius 3 is 2.33 bits per heavy atom. The van der Waals surface area contributed by atoms with Crippen molar-refractivity contribution in [1.82, 2.24) is 14.8 Å². The third-order valence-electron chi connectivity index (χ3n) is 6.78. The molecule has 2 saturated heterocycles. The van der Waals surface area contributed by atoms with Crippen LogP contribution < -0.4 is 11.5 Å². The van der Waals surface area contributed by atoms with Gasteiger partial charge in [-0.25, -0.2) is 4.98 Å². The highest BCUT2D eigenvalue weighted by atomic mass is 16.6. The summed E-state index contributed by atoms with van der Waals surface area (Å²) in [5, 5.41) is 4.31. The first kappa shape index (κ1) is 23.0. The van der Waals surface area contributed by atoms with E-state index in [0.717, 1.165) is 75.4 Å². The van der Waals surface area contributed by atoms with Crippen LogP contribution in [0.25, 0.3) is 0 Å². The van der Waals surface area contributed by atoms with Crippen molar-refractivity contribution in [3.05, 3.63) is 53.7 Å². The Kier molecular flexibility index (Phi) is 7.44. The number of amides is 1. The second kappa shape index (κ2) is 10.7. The third kappa shape index (κ3) is 5.82. The van der Waals surface area contributed by atoms with Crippen molar-refractivity contribution >= 4 is 23.1 Å². The van der Waals surface area contributed by atoms with Crippen LogP contribution in [0, 0.1) is 11.8 Å². The van der Waals surface area contributed by atoms with Crippen LogP contribution in [-0.2, 0) is 16.2 Å². The number of carbonyl (C=O) groups excluding carboxylic acids is 1. The van der Waals surface area contributed by atoms with Crippen molar-refractivity contribution in [3.8, 4) is 0 Å². The first-order valence-corrected chi connectivity index (χ1v) is 11.7. The highest BCUT2D eigenvalue weighted by Gasteiger charge is 2.32. The maximum Gasteiger partial charge on any atom is 0.225 e. The summed E-state index contributed by atoms with van der Waals surface area (Å²) in [6, 6.07) is 11.7. The molecule has 2 aliphatic heterocycles. The largest absolute Gasteiger partial charge is 0.399 e. The molecule has 0 atom stereocenters. The van der Waals surface area contributed by atoms with Gasteiger partial charge < -0.3 is 21.2 Å². The number of aromatic nitrogens is 1. The van der Waals surface area contributed by atoms with Gasteiger partial charge >= 0.3 is 0 Å². The molecule has 1 amide bonds. The van der Waals surface area contributed by atoms with Crippen LogP contribution in [-0.4, -0.2) is 59.7 Å². The van der Waals surface area contributed by atoms with Gasteiger partial charge in [0.15, 0.2) is 0 Å². The van der Waals surface area contributed by atoms with E-state index < -0.39 is 0 Å². The van der Waals surface area contributed by atoms with E-state index in [4.69, 9.17) is 16.3 Å². The van der Waals surface area contributed by atoms with Crippen LogP contribution in [0.15, 0.2) is 47.8 Å². The summed E-state index contributed by atoms with van der Waals surface area (Å²) in [7, 11) is 1.58. The molecule has 2 aromatic rings.